The van der Waals surface area contributed by atoms with E-state index in [0.717, 1.165) is 24.0 Å². The first-order chi connectivity index (χ1) is 13.1. The number of halogens is 1. The van der Waals surface area contributed by atoms with Gasteiger partial charge in [0, 0.05) is 30.7 Å². The van der Waals surface area contributed by atoms with Crippen LogP contribution >= 0.6 is 15.9 Å². The number of carbonyl (C=O) groups excluding carboxylic acids is 1. The zero-order valence-corrected chi connectivity index (χ0v) is 16.7. The first-order valence-corrected chi connectivity index (χ1v) is 10.1. The van der Waals surface area contributed by atoms with Crippen LogP contribution in [0.1, 0.15) is 21.5 Å². The summed E-state index contributed by atoms with van der Waals surface area (Å²) in [5.74, 6) is 0.514. The summed E-state index contributed by atoms with van der Waals surface area (Å²) >= 11 is 3.41. The van der Waals surface area contributed by atoms with Gasteiger partial charge in [0.05, 0.1) is 18.2 Å². The first kappa shape index (κ1) is 18.5. The second kappa shape index (κ2) is 8.00. The van der Waals surface area contributed by atoms with E-state index < -0.39 is 6.10 Å². The molecule has 0 radical (unpaired) electrons. The lowest BCUT2D eigenvalue weighted by Crippen LogP contribution is -2.44. The number of rotatable bonds is 4. The Morgan fingerprint density at radius 1 is 1.11 bits per heavy atom. The number of β-amino-alcohol motifs (C(OH)–C–C–N with tert-alkyl or cyclic N) is 1. The lowest BCUT2D eigenvalue weighted by Gasteiger charge is -2.32. The highest BCUT2D eigenvalue weighted by Crippen LogP contribution is 2.27. The van der Waals surface area contributed by atoms with Crippen molar-refractivity contribution in [1.29, 1.82) is 0 Å². The predicted octanol–water partition coefficient (Wildman–Crippen LogP) is 2.70. The molecule has 2 aliphatic heterocycles. The zero-order valence-electron chi connectivity index (χ0n) is 15.1. The maximum atomic E-state index is 12.9. The molecule has 0 saturated carbocycles. The van der Waals surface area contributed by atoms with Crippen LogP contribution in [0.4, 0.5) is 0 Å². The van der Waals surface area contributed by atoms with Crippen LogP contribution in [0, 0.1) is 0 Å². The Bertz CT molecular complexity index is 842. The van der Waals surface area contributed by atoms with Crippen molar-refractivity contribution in [2.45, 2.75) is 19.1 Å². The highest BCUT2D eigenvalue weighted by Gasteiger charge is 2.26. The molecule has 0 aliphatic carbocycles. The molecule has 4 rings (SSSR count). The number of fused-ring (bicyclic) bond motifs is 2. The molecule has 1 atom stereocenters. The van der Waals surface area contributed by atoms with E-state index in [-0.39, 0.29) is 5.91 Å². The number of nitrogens with zero attached hydrogens (tertiary/aromatic N) is 2. The van der Waals surface area contributed by atoms with Crippen LogP contribution in [0.3, 0.4) is 0 Å². The van der Waals surface area contributed by atoms with Gasteiger partial charge in [-0.1, -0.05) is 40.2 Å². The number of benzene rings is 2. The second-order valence-electron chi connectivity index (χ2n) is 7.15. The average Bonchev–Trinajstić information content (AvgIpc) is 2.81. The topological polar surface area (TPSA) is 53.0 Å². The van der Waals surface area contributed by atoms with E-state index in [2.05, 4.69) is 45.1 Å². The van der Waals surface area contributed by atoms with Crippen molar-refractivity contribution in [2.24, 2.45) is 0 Å². The number of aliphatic hydroxyl groups excluding tert-OH is 1. The molecular weight excluding hydrogens is 408 g/mol. The molecule has 1 amide bonds. The third kappa shape index (κ3) is 4.18. The molecule has 0 unspecified atom stereocenters. The standard InChI is InChI=1S/C21H23BrN2O3/c22-17-5-6-20-19(11-17)21(26)24(9-10-27-20)14-18(25)13-23-8-7-15-3-1-2-4-16(15)12-23/h1-6,11,18,25H,7-10,12-14H2/t18-/m0/s1. The minimum absolute atomic E-state index is 0.0909. The maximum absolute atomic E-state index is 12.9. The Morgan fingerprint density at radius 3 is 2.78 bits per heavy atom. The molecule has 142 valence electrons. The van der Waals surface area contributed by atoms with Crippen LogP contribution in [0.2, 0.25) is 0 Å². The van der Waals surface area contributed by atoms with Gasteiger partial charge in [0.1, 0.15) is 12.4 Å². The van der Waals surface area contributed by atoms with Gasteiger partial charge in [-0.15, -0.1) is 0 Å². The Hall–Kier alpha value is -1.89. The Labute approximate surface area is 167 Å². The molecular formula is C21H23BrN2O3. The van der Waals surface area contributed by atoms with Crippen LogP contribution < -0.4 is 4.74 Å². The van der Waals surface area contributed by atoms with Crippen LogP contribution in [0.15, 0.2) is 46.9 Å². The fourth-order valence-electron chi connectivity index (χ4n) is 3.83. The molecule has 2 aromatic carbocycles. The van der Waals surface area contributed by atoms with Gasteiger partial charge < -0.3 is 14.7 Å². The summed E-state index contributed by atoms with van der Waals surface area (Å²) in [7, 11) is 0. The number of hydrogen-bond acceptors (Lipinski definition) is 4. The van der Waals surface area contributed by atoms with Gasteiger partial charge in [-0.05, 0) is 35.7 Å². The molecule has 5 nitrogen and oxygen atoms in total. The molecule has 2 aliphatic rings. The molecule has 0 bridgehead atoms. The predicted molar refractivity (Wildman–Crippen MR) is 107 cm³/mol. The minimum Gasteiger partial charge on any atom is -0.491 e. The minimum atomic E-state index is -0.590. The van der Waals surface area contributed by atoms with E-state index >= 15 is 0 Å². The van der Waals surface area contributed by atoms with E-state index in [9.17, 15) is 9.90 Å². The van der Waals surface area contributed by atoms with Gasteiger partial charge >= 0.3 is 0 Å². The fourth-order valence-corrected chi connectivity index (χ4v) is 4.19. The van der Waals surface area contributed by atoms with Crippen molar-refractivity contribution in [3.05, 3.63) is 63.6 Å². The lowest BCUT2D eigenvalue weighted by atomic mass is 10.00. The monoisotopic (exact) mass is 430 g/mol. The largest absolute Gasteiger partial charge is 0.491 e. The van der Waals surface area contributed by atoms with E-state index in [0.29, 0.717) is 37.6 Å². The molecule has 6 heteroatoms. The van der Waals surface area contributed by atoms with E-state index in [1.54, 1.807) is 11.0 Å². The van der Waals surface area contributed by atoms with Crippen molar-refractivity contribution in [1.82, 2.24) is 9.80 Å². The summed E-state index contributed by atoms with van der Waals surface area (Å²) in [5, 5.41) is 10.6. The zero-order chi connectivity index (χ0) is 18.8. The highest BCUT2D eigenvalue weighted by atomic mass is 79.9. The summed E-state index contributed by atoms with van der Waals surface area (Å²) < 4.78 is 6.54. The first-order valence-electron chi connectivity index (χ1n) is 9.29. The van der Waals surface area contributed by atoms with Crippen molar-refractivity contribution in [3.8, 4) is 5.75 Å². The maximum Gasteiger partial charge on any atom is 0.257 e. The third-order valence-corrected chi connectivity index (χ3v) is 5.68. The quantitative estimate of drug-likeness (QED) is 0.809. The van der Waals surface area contributed by atoms with Crippen LogP contribution in [0.5, 0.6) is 5.75 Å². The van der Waals surface area contributed by atoms with Crippen molar-refractivity contribution < 1.29 is 14.6 Å². The fraction of sp³-hybridized carbons (Fsp3) is 0.381. The number of hydrogen-bond donors (Lipinski definition) is 1. The highest BCUT2D eigenvalue weighted by molar-refractivity contribution is 9.10. The Balaban J connectivity index is 1.39. The number of carbonyl (C=O) groups is 1. The smallest absolute Gasteiger partial charge is 0.257 e. The molecule has 0 fully saturated rings. The van der Waals surface area contributed by atoms with E-state index in [1.807, 2.05) is 12.1 Å². The third-order valence-electron chi connectivity index (χ3n) is 5.19. The van der Waals surface area contributed by atoms with Crippen LogP contribution in [0.25, 0.3) is 0 Å². The van der Waals surface area contributed by atoms with Gasteiger partial charge in [0.2, 0.25) is 0 Å². The van der Waals surface area contributed by atoms with Crippen LogP contribution in [-0.4, -0.2) is 59.7 Å². The van der Waals surface area contributed by atoms with Crippen molar-refractivity contribution in [3.63, 3.8) is 0 Å². The number of ether oxygens (including phenoxy) is 1. The summed E-state index contributed by atoms with van der Waals surface area (Å²) in [6.45, 7) is 3.56. The molecule has 27 heavy (non-hydrogen) atoms. The SMILES string of the molecule is O=C1c2cc(Br)ccc2OCCN1C[C@@H](O)CN1CCc2ccccc2C1. The van der Waals surface area contributed by atoms with Gasteiger partial charge in [-0.2, -0.15) is 0 Å². The molecule has 1 N–H and O–H groups in total. The Kier molecular flexibility index (Phi) is 5.48. The van der Waals surface area contributed by atoms with E-state index in [1.165, 1.54) is 11.1 Å². The average molecular weight is 431 g/mol. The summed E-state index contributed by atoms with van der Waals surface area (Å²) in [5.41, 5.74) is 3.26. The molecule has 0 saturated heterocycles. The van der Waals surface area contributed by atoms with Crippen molar-refractivity contribution >= 4 is 21.8 Å². The summed E-state index contributed by atoms with van der Waals surface area (Å²) in [6, 6.07) is 13.9. The van der Waals surface area contributed by atoms with Gasteiger partial charge in [-0.3, -0.25) is 9.69 Å². The number of aliphatic hydroxyl groups is 1. The summed E-state index contributed by atoms with van der Waals surface area (Å²) in [6.07, 6.45) is 0.411. The van der Waals surface area contributed by atoms with Gasteiger partial charge in [-0.25, -0.2) is 0 Å². The molecule has 2 heterocycles. The molecule has 0 spiro atoms. The number of amides is 1. The normalized spacial score (nSPS) is 18.3. The summed E-state index contributed by atoms with van der Waals surface area (Å²) in [4.78, 5) is 16.8. The molecule has 2 aromatic rings. The molecule has 0 aromatic heterocycles. The second-order valence-corrected chi connectivity index (χ2v) is 8.06. The van der Waals surface area contributed by atoms with Crippen LogP contribution in [-0.2, 0) is 13.0 Å². The lowest BCUT2D eigenvalue weighted by molar-refractivity contribution is 0.0501. The van der Waals surface area contributed by atoms with Gasteiger partial charge in [0.25, 0.3) is 5.91 Å². The van der Waals surface area contributed by atoms with Gasteiger partial charge in [0.15, 0.2) is 0 Å². The van der Waals surface area contributed by atoms with E-state index in [4.69, 9.17) is 4.74 Å². The Morgan fingerprint density at radius 2 is 1.93 bits per heavy atom. The van der Waals surface area contributed by atoms with Crippen molar-refractivity contribution in [2.75, 3.05) is 32.8 Å².